The normalized spacial score (nSPS) is 23.0. The minimum atomic E-state index is -1.38. The second kappa shape index (κ2) is 16.4. The molecule has 6 amide bonds. The zero-order valence-electron chi connectivity index (χ0n) is 26.1. The molecule has 14 heteroatoms. The van der Waals surface area contributed by atoms with Gasteiger partial charge in [0, 0.05) is 30.5 Å². The first-order valence-corrected chi connectivity index (χ1v) is 17.2. The van der Waals surface area contributed by atoms with Crippen molar-refractivity contribution in [2.24, 2.45) is 0 Å². The van der Waals surface area contributed by atoms with Crippen LogP contribution in [0.4, 0.5) is 15.3 Å². The van der Waals surface area contributed by atoms with E-state index in [0.29, 0.717) is 48.2 Å². The summed E-state index contributed by atoms with van der Waals surface area (Å²) in [6, 6.07) is 14.8. The number of nitrogens with one attached hydrogen (secondary N) is 5. The molecule has 5 atom stereocenters. The van der Waals surface area contributed by atoms with Gasteiger partial charge in [-0.15, -0.1) is 0 Å². The molecule has 0 bridgehead atoms. The highest BCUT2D eigenvalue weighted by molar-refractivity contribution is 8.00. The van der Waals surface area contributed by atoms with Crippen LogP contribution < -0.4 is 36.2 Å². The van der Waals surface area contributed by atoms with Gasteiger partial charge in [-0.1, -0.05) is 48.9 Å². The maximum atomic E-state index is 13.7. The summed E-state index contributed by atoms with van der Waals surface area (Å²) in [6.45, 7) is 0.653. The quantitative estimate of drug-likeness (QED) is 0.124. The molecule has 0 spiro atoms. The van der Waals surface area contributed by atoms with E-state index in [2.05, 4.69) is 26.6 Å². The van der Waals surface area contributed by atoms with Crippen LogP contribution in [0.3, 0.4) is 0 Å². The van der Waals surface area contributed by atoms with E-state index < -0.39 is 24.1 Å². The molecule has 2 aromatic carbocycles. The Balaban J connectivity index is 1.01. The Morgan fingerprint density at radius 3 is 2.38 bits per heavy atom. The maximum absolute atomic E-state index is 13.7. The second-order valence-corrected chi connectivity index (χ2v) is 13.2. The number of urea groups is 1. The van der Waals surface area contributed by atoms with Crippen molar-refractivity contribution < 1.29 is 33.8 Å². The summed E-state index contributed by atoms with van der Waals surface area (Å²) < 4.78 is 6.19. The number of rotatable bonds is 15. The van der Waals surface area contributed by atoms with Crippen LogP contribution >= 0.6 is 11.8 Å². The Labute approximate surface area is 277 Å². The van der Waals surface area contributed by atoms with Crippen molar-refractivity contribution in [2.75, 3.05) is 30.3 Å². The molecule has 5 rings (SSSR count). The van der Waals surface area contributed by atoms with Gasteiger partial charge in [0.25, 0.3) is 5.91 Å². The maximum Gasteiger partial charge on any atom is 0.405 e. The van der Waals surface area contributed by atoms with Gasteiger partial charge in [-0.3, -0.25) is 19.3 Å². The highest BCUT2D eigenvalue weighted by Gasteiger charge is 2.43. The van der Waals surface area contributed by atoms with Gasteiger partial charge in [-0.2, -0.15) is 11.8 Å². The van der Waals surface area contributed by atoms with Crippen molar-refractivity contribution in [2.45, 2.75) is 74.4 Å². The molecule has 3 heterocycles. The molecular weight excluding hydrogens is 624 g/mol. The molecule has 0 radical (unpaired) electrons. The zero-order valence-corrected chi connectivity index (χ0v) is 26.9. The number of carbonyl (C=O) groups excluding carboxylic acids is 4. The van der Waals surface area contributed by atoms with E-state index in [1.165, 1.54) is 4.90 Å². The minimum absolute atomic E-state index is 0.0302. The number of para-hydroxylation sites is 2. The van der Waals surface area contributed by atoms with E-state index in [1.54, 1.807) is 48.5 Å². The van der Waals surface area contributed by atoms with Crippen molar-refractivity contribution in [1.82, 2.24) is 26.6 Å². The van der Waals surface area contributed by atoms with E-state index in [1.807, 2.05) is 17.8 Å². The number of hydrogen-bond donors (Lipinski definition) is 6. The van der Waals surface area contributed by atoms with Crippen molar-refractivity contribution in [3.8, 4) is 5.75 Å². The number of hydrogen-bond acceptors (Lipinski definition) is 7. The van der Waals surface area contributed by atoms with Crippen LogP contribution in [0.15, 0.2) is 54.6 Å². The van der Waals surface area contributed by atoms with Gasteiger partial charge in [-0.05, 0) is 49.8 Å². The molecule has 0 saturated carbocycles. The number of thioether (sulfide) groups is 1. The molecule has 3 aliphatic heterocycles. The van der Waals surface area contributed by atoms with E-state index >= 15 is 0 Å². The van der Waals surface area contributed by atoms with Crippen molar-refractivity contribution in [1.29, 1.82) is 0 Å². The average molecular weight is 667 g/mol. The highest BCUT2D eigenvalue weighted by Crippen LogP contribution is 2.38. The Morgan fingerprint density at radius 2 is 1.62 bits per heavy atom. The lowest BCUT2D eigenvalue weighted by Gasteiger charge is -2.27. The van der Waals surface area contributed by atoms with Gasteiger partial charge < -0.3 is 36.4 Å². The molecule has 2 fully saturated rings. The first-order chi connectivity index (χ1) is 22.8. The summed E-state index contributed by atoms with van der Waals surface area (Å²) in [6.07, 6.45) is 3.15. The number of anilines is 1. The molecule has 0 unspecified atom stereocenters. The Morgan fingerprint density at radius 1 is 0.894 bits per heavy atom. The fourth-order valence-corrected chi connectivity index (χ4v) is 7.73. The van der Waals surface area contributed by atoms with E-state index in [9.17, 15) is 29.1 Å². The van der Waals surface area contributed by atoms with Crippen molar-refractivity contribution >= 4 is 47.3 Å². The number of fused-ring (bicyclic) bond motifs is 2. The van der Waals surface area contributed by atoms with Crippen molar-refractivity contribution in [3.05, 3.63) is 60.2 Å². The third-order valence-corrected chi connectivity index (χ3v) is 10.0. The highest BCUT2D eigenvalue weighted by atomic mass is 32.2. The predicted molar refractivity (Wildman–Crippen MR) is 177 cm³/mol. The molecular formula is C33H42N6O7S. The Hall–Kier alpha value is -4.46. The van der Waals surface area contributed by atoms with Crippen LogP contribution in [0.1, 0.15) is 56.6 Å². The second-order valence-electron chi connectivity index (χ2n) is 11.9. The Kier molecular flexibility index (Phi) is 11.8. The zero-order chi connectivity index (χ0) is 33.2. The Bertz CT molecular complexity index is 1430. The van der Waals surface area contributed by atoms with Crippen LogP contribution in [-0.4, -0.2) is 83.7 Å². The lowest BCUT2D eigenvalue weighted by molar-refractivity contribution is -0.125. The van der Waals surface area contributed by atoms with Crippen LogP contribution in [0.2, 0.25) is 0 Å². The first kappa shape index (κ1) is 33.9. The summed E-state index contributed by atoms with van der Waals surface area (Å²) in [5.41, 5.74) is 0.998. The van der Waals surface area contributed by atoms with Gasteiger partial charge in [0.05, 0.1) is 17.8 Å². The molecule has 47 heavy (non-hydrogen) atoms. The summed E-state index contributed by atoms with van der Waals surface area (Å²) in [5, 5.41) is 24.0. The number of amides is 6. The fraction of sp³-hybridized carbons (Fsp3) is 0.485. The summed E-state index contributed by atoms with van der Waals surface area (Å²) in [4.78, 5) is 63.4. The van der Waals surface area contributed by atoms with Crippen molar-refractivity contribution in [3.63, 3.8) is 0 Å². The monoisotopic (exact) mass is 666 g/mol. The third-order valence-electron chi connectivity index (χ3n) is 8.53. The minimum Gasteiger partial charge on any atom is -0.481 e. The standard InChI is InChI=1S/C33H42N6O7S/c40-26(16-8-7-15-25-28-22(20-47-25)36-32(43)37-28)34-17-9-2-10-18-35-27(41)19-39-23-13-5-6-14-24(23)46-30(21-11-3-1-4-12-21)29(31(39)42)38-33(44)45/h1,3-6,11-14,22,25,28-30,38H,2,7-10,15-20H2,(H,34,40)(H,35,41)(H,44,45)(H2,36,37,43)/t22-,25-,28-,29+,30-/m0/s1. The number of carboxylic acid groups (broad SMARTS) is 1. The summed E-state index contributed by atoms with van der Waals surface area (Å²) in [7, 11) is 0. The topological polar surface area (TPSA) is 178 Å². The number of benzene rings is 2. The molecule has 13 nitrogen and oxygen atoms in total. The first-order valence-electron chi connectivity index (χ1n) is 16.1. The fourth-order valence-electron chi connectivity index (χ4n) is 6.18. The van der Waals surface area contributed by atoms with Gasteiger partial charge in [0.15, 0.2) is 12.1 Å². The molecule has 252 valence electrons. The molecule has 0 aromatic heterocycles. The third kappa shape index (κ3) is 9.09. The van der Waals surface area contributed by atoms with E-state index in [4.69, 9.17) is 4.74 Å². The van der Waals surface area contributed by atoms with Gasteiger partial charge >= 0.3 is 12.1 Å². The molecule has 2 aromatic rings. The number of unbranched alkanes of at least 4 members (excludes halogenated alkanes) is 3. The van der Waals surface area contributed by atoms with Crippen LogP contribution in [0.25, 0.3) is 0 Å². The molecule has 0 aliphatic carbocycles. The van der Waals surface area contributed by atoms with E-state index in [0.717, 1.165) is 37.9 Å². The van der Waals surface area contributed by atoms with E-state index in [-0.39, 0.29) is 36.5 Å². The van der Waals surface area contributed by atoms with Gasteiger partial charge in [-0.25, -0.2) is 9.59 Å². The van der Waals surface area contributed by atoms with Gasteiger partial charge in [0.2, 0.25) is 11.8 Å². The largest absolute Gasteiger partial charge is 0.481 e. The average Bonchev–Trinajstić information content (AvgIpc) is 3.59. The smallest absolute Gasteiger partial charge is 0.405 e. The van der Waals surface area contributed by atoms with Gasteiger partial charge in [0.1, 0.15) is 12.3 Å². The lowest BCUT2D eigenvalue weighted by atomic mass is 10.0. The van der Waals surface area contributed by atoms with Crippen LogP contribution in [0, 0.1) is 0 Å². The molecule has 3 aliphatic rings. The van der Waals surface area contributed by atoms with Crippen LogP contribution in [-0.2, 0) is 14.4 Å². The molecule has 2 saturated heterocycles. The summed E-state index contributed by atoms with van der Waals surface area (Å²) in [5.74, 6) is 0.349. The predicted octanol–water partition coefficient (Wildman–Crippen LogP) is 2.92. The molecule has 6 N–H and O–H groups in total. The number of nitrogens with zero attached hydrogens (tertiary/aromatic N) is 1. The number of carbonyl (C=O) groups is 5. The van der Waals surface area contributed by atoms with Crippen LogP contribution in [0.5, 0.6) is 5.75 Å². The number of ether oxygens (including phenoxy) is 1. The lowest BCUT2D eigenvalue weighted by Crippen LogP contribution is -2.53. The SMILES string of the molecule is O=C(O)N[C@H]1C(=O)N(CC(=O)NCCCCCNC(=O)CCCC[C@@H]2SC[C@@H]3NC(=O)N[C@@H]32)c2ccccc2O[C@H]1c1ccccc1. The summed E-state index contributed by atoms with van der Waals surface area (Å²) >= 11 is 1.88.